The number of hydrogen-bond acceptors (Lipinski definition) is 4. The average Bonchev–Trinajstić information content (AvgIpc) is 2.18. The van der Waals surface area contributed by atoms with Crippen molar-refractivity contribution in [1.29, 1.82) is 0 Å². The van der Waals surface area contributed by atoms with E-state index in [0.717, 1.165) is 10.5 Å². The highest BCUT2D eigenvalue weighted by Crippen LogP contribution is 2.24. The monoisotopic (exact) mass is 225 g/mol. The minimum Gasteiger partial charge on any atom is -0.399 e. The van der Waals surface area contributed by atoms with Crippen LogP contribution in [0.5, 0.6) is 0 Å². The fraction of sp³-hybridized carbons (Fsp3) is 0.300. The molecule has 1 unspecified atom stereocenters. The van der Waals surface area contributed by atoms with Gasteiger partial charge in [-0.25, -0.2) is 0 Å². The Hall–Kier alpha value is -1.20. The van der Waals surface area contributed by atoms with E-state index in [1.165, 1.54) is 11.8 Å². The SMILES string of the molecule is Cc1ccc(N)cc1SCC(N)C(N)=O. The van der Waals surface area contributed by atoms with E-state index >= 15 is 0 Å². The summed E-state index contributed by atoms with van der Waals surface area (Å²) in [5, 5.41) is 0. The van der Waals surface area contributed by atoms with Crippen molar-refractivity contribution in [3.05, 3.63) is 23.8 Å². The molecule has 0 saturated heterocycles. The molecule has 1 atom stereocenters. The predicted molar refractivity (Wildman–Crippen MR) is 63.5 cm³/mol. The van der Waals surface area contributed by atoms with Gasteiger partial charge in [0.05, 0.1) is 6.04 Å². The standard InChI is InChI=1S/C10H15N3OS/c1-6-2-3-7(11)4-9(6)15-5-8(12)10(13)14/h2-4,8H,5,11-12H2,1H3,(H2,13,14). The summed E-state index contributed by atoms with van der Waals surface area (Å²) in [4.78, 5) is 11.8. The molecule has 0 heterocycles. The van der Waals surface area contributed by atoms with E-state index in [2.05, 4.69) is 0 Å². The Labute approximate surface area is 93.2 Å². The van der Waals surface area contributed by atoms with Gasteiger partial charge in [-0.15, -0.1) is 11.8 Å². The summed E-state index contributed by atoms with van der Waals surface area (Å²) >= 11 is 1.49. The molecule has 0 spiro atoms. The van der Waals surface area contributed by atoms with Crippen molar-refractivity contribution in [3.63, 3.8) is 0 Å². The third-order valence-electron chi connectivity index (χ3n) is 2.00. The maximum Gasteiger partial charge on any atom is 0.235 e. The van der Waals surface area contributed by atoms with Gasteiger partial charge >= 0.3 is 0 Å². The molecule has 0 radical (unpaired) electrons. The maximum absolute atomic E-state index is 10.7. The molecule has 6 N–H and O–H groups in total. The van der Waals surface area contributed by atoms with E-state index in [4.69, 9.17) is 17.2 Å². The average molecular weight is 225 g/mol. The number of carbonyl (C=O) groups is 1. The summed E-state index contributed by atoms with van der Waals surface area (Å²) in [7, 11) is 0. The van der Waals surface area contributed by atoms with Gasteiger partial charge in [0.15, 0.2) is 0 Å². The Balaban J connectivity index is 2.65. The number of carbonyl (C=O) groups excluding carboxylic acids is 1. The van der Waals surface area contributed by atoms with Gasteiger partial charge in [-0.05, 0) is 24.6 Å². The van der Waals surface area contributed by atoms with Crippen LogP contribution in [0.1, 0.15) is 5.56 Å². The van der Waals surface area contributed by atoms with Crippen molar-refractivity contribution in [2.45, 2.75) is 17.9 Å². The van der Waals surface area contributed by atoms with E-state index < -0.39 is 11.9 Å². The molecule has 1 rings (SSSR count). The summed E-state index contributed by atoms with van der Waals surface area (Å²) in [6.07, 6.45) is 0. The van der Waals surface area contributed by atoms with Gasteiger partial charge in [0.25, 0.3) is 0 Å². The quantitative estimate of drug-likeness (QED) is 0.513. The van der Waals surface area contributed by atoms with Crippen LogP contribution in [0.2, 0.25) is 0 Å². The molecule has 0 fully saturated rings. The number of benzene rings is 1. The minimum absolute atomic E-state index is 0.472. The van der Waals surface area contributed by atoms with Crippen LogP contribution in [0.15, 0.2) is 23.1 Å². The van der Waals surface area contributed by atoms with Crippen LogP contribution < -0.4 is 17.2 Å². The topological polar surface area (TPSA) is 95.1 Å². The van der Waals surface area contributed by atoms with Crippen molar-refractivity contribution in [1.82, 2.24) is 0 Å². The number of nitrogen functional groups attached to an aromatic ring is 1. The Kier molecular flexibility index (Phi) is 3.99. The van der Waals surface area contributed by atoms with Gasteiger partial charge in [-0.3, -0.25) is 4.79 Å². The highest BCUT2D eigenvalue weighted by atomic mass is 32.2. The summed E-state index contributed by atoms with van der Waals surface area (Å²) < 4.78 is 0. The molecule has 1 aromatic carbocycles. The fourth-order valence-corrected chi connectivity index (χ4v) is 2.07. The van der Waals surface area contributed by atoms with Crippen LogP contribution in [0, 0.1) is 6.92 Å². The second kappa shape index (κ2) is 5.04. The normalized spacial score (nSPS) is 12.4. The summed E-state index contributed by atoms with van der Waals surface area (Å²) in [5.74, 6) is -0.0105. The molecule has 0 aromatic heterocycles. The number of nitrogens with two attached hydrogens (primary N) is 3. The lowest BCUT2D eigenvalue weighted by molar-refractivity contribution is -0.118. The van der Waals surface area contributed by atoms with Gasteiger partial charge in [-0.2, -0.15) is 0 Å². The lowest BCUT2D eigenvalue weighted by Gasteiger charge is -2.09. The van der Waals surface area contributed by atoms with Crippen LogP contribution in [0.25, 0.3) is 0 Å². The van der Waals surface area contributed by atoms with Crippen LogP contribution in [0.3, 0.4) is 0 Å². The zero-order valence-corrected chi connectivity index (χ0v) is 9.38. The van der Waals surface area contributed by atoms with Gasteiger partial charge in [0.1, 0.15) is 0 Å². The van der Waals surface area contributed by atoms with E-state index in [-0.39, 0.29) is 0 Å². The summed E-state index contributed by atoms with van der Waals surface area (Å²) in [6, 6.07) is 5.03. The Morgan fingerprint density at radius 3 is 2.80 bits per heavy atom. The zero-order chi connectivity index (χ0) is 11.4. The number of rotatable bonds is 4. The number of anilines is 1. The summed E-state index contributed by atoms with van der Waals surface area (Å²) in [5.41, 5.74) is 18.1. The molecule has 82 valence electrons. The van der Waals surface area contributed by atoms with E-state index in [1.54, 1.807) is 0 Å². The molecule has 0 aliphatic carbocycles. The summed E-state index contributed by atoms with van der Waals surface area (Å²) in [6.45, 7) is 1.98. The smallest absolute Gasteiger partial charge is 0.235 e. The van der Waals surface area contributed by atoms with Crippen molar-refractivity contribution in [3.8, 4) is 0 Å². The lowest BCUT2D eigenvalue weighted by Crippen LogP contribution is -2.38. The maximum atomic E-state index is 10.7. The first-order valence-electron chi connectivity index (χ1n) is 4.54. The van der Waals surface area contributed by atoms with E-state index in [1.807, 2.05) is 25.1 Å². The molecule has 0 aliphatic rings. The molecule has 15 heavy (non-hydrogen) atoms. The molecule has 5 heteroatoms. The van der Waals surface area contributed by atoms with Crippen molar-refractivity contribution >= 4 is 23.4 Å². The number of thioether (sulfide) groups is 1. The molecule has 0 aliphatic heterocycles. The Morgan fingerprint density at radius 1 is 1.53 bits per heavy atom. The molecule has 0 saturated carbocycles. The van der Waals surface area contributed by atoms with Crippen LogP contribution >= 0.6 is 11.8 Å². The first kappa shape index (κ1) is 11.9. The first-order valence-corrected chi connectivity index (χ1v) is 5.53. The fourth-order valence-electron chi connectivity index (χ4n) is 1.03. The second-order valence-corrected chi connectivity index (χ2v) is 4.41. The van der Waals surface area contributed by atoms with Crippen molar-refractivity contribution in [2.24, 2.45) is 11.5 Å². The van der Waals surface area contributed by atoms with Crippen LogP contribution in [0.4, 0.5) is 5.69 Å². The Morgan fingerprint density at radius 2 is 2.20 bits per heavy atom. The highest BCUT2D eigenvalue weighted by molar-refractivity contribution is 7.99. The van der Waals surface area contributed by atoms with Gasteiger partial charge < -0.3 is 17.2 Å². The third-order valence-corrected chi connectivity index (χ3v) is 3.27. The predicted octanol–water partition coefficient (Wildman–Crippen LogP) is 0.482. The van der Waals surface area contributed by atoms with Gasteiger partial charge in [0.2, 0.25) is 5.91 Å². The lowest BCUT2D eigenvalue weighted by atomic mass is 10.2. The van der Waals surface area contributed by atoms with Crippen LogP contribution in [-0.4, -0.2) is 17.7 Å². The number of hydrogen-bond donors (Lipinski definition) is 3. The molecule has 1 amide bonds. The van der Waals surface area contributed by atoms with Gasteiger partial charge in [0, 0.05) is 16.3 Å². The first-order chi connectivity index (χ1) is 7.00. The largest absolute Gasteiger partial charge is 0.399 e. The van der Waals surface area contributed by atoms with Crippen molar-refractivity contribution in [2.75, 3.05) is 11.5 Å². The van der Waals surface area contributed by atoms with Gasteiger partial charge in [-0.1, -0.05) is 6.07 Å². The number of amides is 1. The molecular formula is C10H15N3OS. The molecule has 4 nitrogen and oxygen atoms in total. The van der Waals surface area contributed by atoms with Crippen molar-refractivity contribution < 1.29 is 4.79 Å². The Bertz CT molecular complexity index is 368. The zero-order valence-electron chi connectivity index (χ0n) is 8.57. The van der Waals surface area contributed by atoms with Crippen LogP contribution in [-0.2, 0) is 4.79 Å². The molecule has 0 bridgehead atoms. The number of primary amides is 1. The highest BCUT2D eigenvalue weighted by Gasteiger charge is 2.10. The third kappa shape index (κ3) is 3.45. The molecule has 1 aromatic rings. The second-order valence-electron chi connectivity index (χ2n) is 3.34. The van der Waals surface area contributed by atoms with E-state index in [0.29, 0.717) is 11.4 Å². The molecular weight excluding hydrogens is 210 g/mol. The van der Waals surface area contributed by atoms with E-state index in [9.17, 15) is 4.79 Å². The number of aryl methyl sites for hydroxylation is 1. The minimum atomic E-state index is -0.615.